The van der Waals surface area contributed by atoms with Gasteiger partial charge < -0.3 is 15.2 Å². The molecular formula is C8H15NO2. The lowest BCUT2D eigenvalue weighted by molar-refractivity contribution is -0.169. The highest BCUT2D eigenvalue weighted by molar-refractivity contribution is 4.92. The van der Waals surface area contributed by atoms with E-state index in [2.05, 4.69) is 0 Å². The zero-order chi connectivity index (χ0) is 7.68. The van der Waals surface area contributed by atoms with Crippen LogP contribution in [0.15, 0.2) is 0 Å². The van der Waals surface area contributed by atoms with E-state index in [1.807, 2.05) is 0 Å². The summed E-state index contributed by atoms with van der Waals surface area (Å²) in [5, 5.41) is 0. The van der Waals surface area contributed by atoms with Gasteiger partial charge in [-0.1, -0.05) is 0 Å². The van der Waals surface area contributed by atoms with Crippen LogP contribution in [-0.4, -0.2) is 25.0 Å². The fraction of sp³-hybridized carbons (Fsp3) is 1.00. The van der Waals surface area contributed by atoms with Gasteiger partial charge in [-0.3, -0.25) is 0 Å². The van der Waals surface area contributed by atoms with E-state index < -0.39 is 0 Å². The molecule has 1 saturated heterocycles. The van der Waals surface area contributed by atoms with E-state index in [0.29, 0.717) is 0 Å². The van der Waals surface area contributed by atoms with Crippen molar-refractivity contribution >= 4 is 0 Å². The zero-order valence-corrected chi connectivity index (χ0v) is 6.66. The van der Waals surface area contributed by atoms with Crippen LogP contribution in [0, 0.1) is 0 Å². The number of ether oxygens (including phenoxy) is 2. The van der Waals surface area contributed by atoms with Crippen LogP contribution in [0.3, 0.4) is 0 Å². The van der Waals surface area contributed by atoms with E-state index in [4.69, 9.17) is 15.2 Å². The van der Waals surface area contributed by atoms with Gasteiger partial charge in [0.25, 0.3) is 0 Å². The van der Waals surface area contributed by atoms with Gasteiger partial charge in [-0.05, 0) is 25.7 Å². The molecule has 0 aromatic rings. The number of nitrogens with two attached hydrogens (primary N) is 1. The molecule has 0 aromatic carbocycles. The van der Waals surface area contributed by atoms with Crippen LogP contribution in [0.2, 0.25) is 0 Å². The largest absolute Gasteiger partial charge is 0.353 e. The van der Waals surface area contributed by atoms with Crippen molar-refractivity contribution in [2.45, 2.75) is 44.1 Å². The third-order valence-electron chi connectivity index (χ3n) is 2.24. The van der Waals surface area contributed by atoms with Gasteiger partial charge in [-0.25, -0.2) is 0 Å². The van der Waals surface area contributed by atoms with E-state index in [-0.39, 0.29) is 18.4 Å². The fourth-order valence-electron chi connectivity index (χ4n) is 1.36. The summed E-state index contributed by atoms with van der Waals surface area (Å²) in [6.45, 7) is 0.854. The predicted molar refractivity (Wildman–Crippen MR) is 41.1 cm³/mol. The van der Waals surface area contributed by atoms with Gasteiger partial charge in [-0.2, -0.15) is 0 Å². The minimum Gasteiger partial charge on any atom is -0.353 e. The minimum atomic E-state index is 0.0438. The molecule has 0 aromatic heterocycles. The Hall–Kier alpha value is -0.120. The molecule has 1 saturated carbocycles. The smallest absolute Gasteiger partial charge is 0.158 e. The summed E-state index contributed by atoms with van der Waals surface area (Å²) in [6, 6.07) is 0.278. The average molecular weight is 157 g/mol. The summed E-state index contributed by atoms with van der Waals surface area (Å²) in [5.74, 6) is 0. The zero-order valence-electron chi connectivity index (χ0n) is 6.66. The first-order chi connectivity index (χ1) is 5.36. The highest BCUT2D eigenvalue weighted by Crippen LogP contribution is 2.27. The second-order valence-corrected chi connectivity index (χ2v) is 3.37. The lowest BCUT2D eigenvalue weighted by atomic mass is 10.2. The third-order valence-corrected chi connectivity index (χ3v) is 2.24. The van der Waals surface area contributed by atoms with E-state index in [9.17, 15) is 0 Å². The van der Waals surface area contributed by atoms with Gasteiger partial charge in [0.15, 0.2) is 6.29 Å². The van der Waals surface area contributed by atoms with Crippen LogP contribution in [-0.2, 0) is 9.47 Å². The summed E-state index contributed by atoms with van der Waals surface area (Å²) in [5.41, 5.74) is 5.60. The molecule has 0 unspecified atom stereocenters. The monoisotopic (exact) mass is 157 g/mol. The van der Waals surface area contributed by atoms with Crippen LogP contribution in [0.1, 0.15) is 25.7 Å². The molecule has 3 heteroatoms. The first kappa shape index (κ1) is 7.53. The van der Waals surface area contributed by atoms with E-state index in [1.54, 1.807) is 0 Å². The lowest BCUT2D eigenvalue weighted by Crippen LogP contribution is -2.25. The molecule has 2 fully saturated rings. The molecule has 1 aliphatic carbocycles. The average Bonchev–Trinajstić information content (AvgIpc) is 2.69. The molecule has 2 N–H and O–H groups in total. The van der Waals surface area contributed by atoms with Gasteiger partial charge in [0, 0.05) is 12.6 Å². The lowest BCUT2D eigenvalue weighted by Gasteiger charge is -2.22. The fourth-order valence-corrected chi connectivity index (χ4v) is 1.36. The van der Waals surface area contributed by atoms with Gasteiger partial charge in [0.2, 0.25) is 0 Å². The standard InChI is InChI=1S/C8H15NO2/c9-6-5-7(6)11-8-3-1-2-4-10-8/h6-8H,1-5,9H2/t6-,7+,8-/m0/s1. The normalized spacial score (nSPS) is 43.9. The molecule has 64 valence electrons. The van der Waals surface area contributed by atoms with Crippen molar-refractivity contribution in [3.05, 3.63) is 0 Å². The maximum atomic E-state index is 5.60. The van der Waals surface area contributed by atoms with Gasteiger partial charge in [-0.15, -0.1) is 0 Å². The van der Waals surface area contributed by atoms with Crippen molar-refractivity contribution in [1.29, 1.82) is 0 Å². The van der Waals surface area contributed by atoms with Gasteiger partial charge in [0.05, 0.1) is 6.10 Å². The Kier molecular flexibility index (Phi) is 2.11. The molecule has 11 heavy (non-hydrogen) atoms. The maximum Gasteiger partial charge on any atom is 0.158 e. The SMILES string of the molecule is N[C@H]1C[C@H]1O[C@H]1CCCCO1. The highest BCUT2D eigenvalue weighted by atomic mass is 16.7. The Labute approximate surface area is 66.8 Å². The second kappa shape index (κ2) is 3.09. The summed E-state index contributed by atoms with van der Waals surface area (Å²) in [6.07, 6.45) is 4.80. The Bertz CT molecular complexity index is 134. The Morgan fingerprint density at radius 2 is 2.18 bits per heavy atom. The van der Waals surface area contributed by atoms with Crippen molar-refractivity contribution in [3.63, 3.8) is 0 Å². The first-order valence-electron chi connectivity index (χ1n) is 4.39. The molecule has 0 radical (unpaired) electrons. The minimum absolute atomic E-state index is 0.0438. The van der Waals surface area contributed by atoms with Crippen LogP contribution in [0.4, 0.5) is 0 Å². The number of hydrogen-bond acceptors (Lipinski definition) is 3. The summed E-state index contributed by atoms with van der Waals surface area (Å²) in [4.78, 5) is 0. The van der Waals surface area contributed by atoms with E-state index >= 15 is 0 Å². The molecule has 1 aliphatic heterocycles. The third kappa shape index (κ3) is 1.92. The first-order valence-corrected chi connectivity index (χ1v) is 4.39. The Balaban J connectivity index is 1.68. The quantitative estimate of drug-likeness (QED) is 0.639. The molecule has 0 amide bonds. The topological polar surface area (TPSA) is 44.5 Å². The second-order valence-electron chi connectivity index (χ2n) is 3.37. The predicted octanol–water partition coefficient (Wildman–Crippen LogP) is 0.629. The Morgan fingerprint density at radius 3 is 2.73 bits per heavy atom. The van der Waals surface area contributed by atoms with E-state index in [0.717, 1.165) is 19.4 Å². The number of rotatable bonds is 2. The van der Waals surface area contributed by atoms with Crippen LogP contribution >= 0.6 is 0 Å². The van der Waals surface area contributed by atoms with Gasteiger partial charge in [0.1, 0.15) is 0 Å². The van der Waals surface area contributed by atoms with Crippen molar-refractivity contribution in [1.82, 2.24) is 0 Å². The van der Waals surface area contributed by atoms with E-state index in [1.165, 1.54) is 12.8 Å². The van der Waals surface area contributed by atoms with Crippen LogP contribution < -0.4 is 5.73 Å². The van der Waals surface area contributed by atoms with Crippen molar-refractivity contribution < 1.29 is 9.47 Å². The summed E-state index contributed by atoms with van der Waals surface area (Å²) >= 11 is 0. The molecular weight excluding hydrogens is 142 g/mol. The molecule has 3 nitrogen and oxygen atoms in total. The van der Waals surface area contributed by atoms with Crippen molar-refractivity contribution in [2.24, 2.45) is 5.73 Å². The molecule has 2 aliphatic rings. The van der Waals surface area contributed by atoms with Crippen LogP contribution in [0.25, 0.3) is 0 Å². The molecule has 2 rings (SSSR count). The summed E-state index contributed by atoms with van der Waals surface area (Å²) in [7, 11) is 0. The maximum absolute atomic E-state index is 5.60. The molecule has 3 atom stereocenters. The highest BCUT2D eigenvalue weighted by Gasteiger charge is 2.37. The molecule has 1 heterocycles. The number of hydrogen-bond donors (Lipinski definition) is 1. The Morgan fingerprint density at radius 1 is 1.36 bits per heavy atom. The van der Waals surface area contributed by atoms with Crippen molar-refractivity contribution in [2.75, 3.05) is 6.61 Å². The molecule has 0 spiro atoms. The molecule has 0 bridgehead atoms. The van der Waals surface area contributed by atoms with Crippen molar-refractivity contribution in [3.8, 4) is 0 Å². The van der Waals surface area contributed by atoms with Gasteiger partial charge >= 0.3 is 0 Å². The van der Waals surface area contributed by atoms with Crippen LogP contribution in [0.5, 0.6) is 0 Å². The summed E-state index contributed by atoms with van der Waals surface area (Å²) < 4.78 is 11.0.